The molecule has 14 heavy (non-hydrogen) atoms. The monoisotopic (exact) mass is 207 g/mol. The van der Waals surface area contributed by atoms with Crippen molar-refractivity contribution in [3.8, 4) is 0 Å². The van der Waals surface area contributed by atoms with Gasteiger partial charge in [0.2, 0.25) is 0 Å². The van der Waals surface area contributed by atoms with Crippen LogP contribution in [0.15, 0.2) is 11.4 Å². The van der Waals surface area contributed by atoms with Gasteiger partial charge in [-0.3, -0.25) is 0 Å². The fourth-order valence-electron chi connectivity index (χ4n) is 3.17. The topological polar surface area (TPSA) is 12.0 Å². The van der Waals surface area contributed by atoms with Crippen LogP contribution >= 0.6 is 11.3 Å². The van der Waals surface area contributed by atoms with Gasteiger partial charge in [-0.15, -0.1) is 11.3 Å². The van der Waals surface area contributed by atoms with Gasteiger partial charge in [0.1, 0.15) is 0 Å². The molecular formula is C12H17NS. The van der Waals surface area contributed by atoms with Gasteiger partial charge in [0, 0.05) is 16.3 Å². The lowest BCUT2D eigenvalue weighted by Crippen LogP contribution is -2.55. The summed E-state index contributed by atoms with van der Waals surface area (Å²) in [5.41, 5.74) is 2.06. The second-order valence-electron chi connectivity index (χ2n) is 5.00. The van der Waals surface area contributed by atoms with Crippen molar-refractivity contribution in [1.29, 1.82) is 0 Å². The van der Waals surface area contributed by atoms with Gasteiger partial charge in [-0.25, -0.2) is 0 Å². The molecule has 0 radical (unpaired) electrons. The van der Waals surface area contributed by atoms with Gasteiger partial charge < -0.3 is 5.32 Å². The molecule has 76 valence electrons. The second kappa shape index (κ2) is 2.83. The number of hydrogen-bond donors (Lipinski definition) is 1. The molecule has 1 fully saturated rings. The summed E-state index contributed by atoms with van der Waals surface area (Å²) < 4.78 is 0. The third-order valence-electron chi connectivity index (χ3n) is 4.36. The van der Waals surface area contributed by atoms with Crippen molar-refractivity contribution in [3.63, 3.8) is 0 Å². The van der Waals surface area contributed by atoms with Crippen LogP contribution < -0.4 is 5.32 Å². The third-order valence-corrected chi connectivity index (χ3v) is 5.60. The van der Waals surface area contributed by atoms with Crippen LogP contribution in [-0.4, -0.2) is 12.6 Å². The van der Waals surface area contributed by atoms with Gasteiger partial charge in [0.25, 0.3) is 0 Å². The van der Waals surface area contributed by atoms with E-state index in [0.717, 1.165) is 12.0 Å². The molecule has 2 heterocycles. The molecule has 1 saturated heterocycles. The standard InChI is InChI=1S/C12H17NS/c1-8-10-7-9-3-6-14-11(9)12(8,2)4-5-13-10/h3,6,8,10,13H,4-5,7H2,1-2H3/t8-,10?,12+/m0/s1. The minimum Gasteiger partial charge on any atom is -0.313 e. The number of rotatable bonds is 0. The van der Waals surface area contributed by atoms with Crippen LogP contribution in [0, 0.1) is 5.92 Å². The Labute approximate surface area is 89.5 Å². The Morgan fingerprint density at radius 2 is 2.43 bits per heavy atom. The predicted molar refractivity (Wildman–Crippen MR) is 60.9 cm³/mol. The van der Waals surface area contributed by atoms with E-state index in [1.54, 1.807) is 10.4 Å². The van der Waals surface area contributed by atoms with E-state index in [-0.39, 0.29) is 0 Å². The van der Waals surface area contributed by atoms with E-state index in [1.807, 2.05) is 11.3 Å². The maximum absolute atomic E-state index is 3.66. The second-order valence-corrected chi connectivity index (χ2v) is 5.91. The Morgan fingerprint density at radius 1 is 1.57 bits per heavy atom. The smallest absolute Gasteiger partial charge is 0.0142 e. The van der Waals surface area contributed by atoms with Gasteiger partial charge in [-0.1, -0.05) is 13.8 Å². The average molecular weight is 207 g/mol. The van der Waals surface area contributed by atoms with Crippen molar-refractivity contribution in [1.82, 2.24) is 5.32 Å². The zero-order valence-corrected chi connectivity index (χ0v) is 9.66. The third kappa shape index (κ3) is 0.986. The van der Waals surface area contributed by atoms with Gasteiger partial charge in [0.15, 0.2) is 0 Å². The average Bonchev–Trinajstić information content (AvgIpc) is 2.59. The zero-order chi connectivity index (χ0) is 9.76. The lowest BCUT2D eigenvalue weighted by atomic mass is 9.63. The summed E-state index contributed by atoms with van der Waals surface area (Å²) >= 11 is 1.97. The Bertz CT molecular complexity index is 357. The highest BCUT2D eigenvalue weighted by Gasteiger charge is 2.45. The van der Waals surface area contributed by atoms with Crippen molar-refractivity contribution >= 4 is 11.3 Å². The van der Waals surface area contributed by atoms with E-state index in [9.17, 15) is 0 Å². The summed E-state index contributed by atoms with van der Waals surface area (Å²) in [7, 11) is 0. The molecule has 2 aliphatic rings. The SMILES string of the molecule is C[C@H]1C2Cc3ccsc3[C@]1(C)CCN2. The number of hydrogen-bond acceptors (Lipinski definition) is 2. The number of nitrogens with one attached hydrogen (secondary N) is 1. The Kier molecular flexibility index (Phi) is 1.80. The highest BCUT2D eigenvalue weighted by atomic mass is 32.1. The van der Waals surface area contributed by atoms with Crippen LogP contribution in [0.1, 0.15) is 30.7 Å². The molecule has 3 atom stereocenters. The minimum atomic E-state index is 0.456. The molecule has 2 heteroatoms. The van der Waals surface area contributed by atoms with E-state index in [2.05, 4.69) is 30.6 Å². The molecule has 1 aliphatic heterocycles. The zero-order valence-electron chi connectivity index (χ0n) is 8.84. The fraction of sp³-hybridized carbons (Fsp3) is 0.667. The highest BCUT2D eigenvalue weighted by molar-refractivity contribution is 7.10. The molecule has 3 rings (SSSR count). The van der Waals surface area contributed by atoms with Gasteiger partial charge in [-0.05, 0) is 42.3 Å². The maximum Gasteiger partial charge on any atom is 0.0142 e. The molecule has 1 aliphatic carbocycles. The summed E-state index contributed by atoms with van der Waals surface area (Å²) in [4.78, 5) is 1.67. The van der Waals surface area contributed by atoms with Crippen molar-refractivity contribution in [2.45, 2.75) is 38.1 Å². The molecule has 1 aromatic rings. The van der Waals surface area contributed by atoms with E-state index in [1.165, 1.54) is 19.4 Å². The number of piperidine rings is 1. The normalized spacial score (nSPS) is 40.7. The molecule has 2 bridgehead atoms. The van der Waals surface area contributed by atoms with Gasteiger partial charge >= 0.3 is 0 Å². The summed E-state index contributed by atoms with van der Waals surface area (Å²) in [5.74, 6) is 0.794. The summed E-state index contributed by atoms with van der Waals surface area (Å²) in [6.07, 6.45) is 2.55. The quantitative estimate of drug-likeness (QED) is 0.689. The molecule has 0 saturated carbocycles. The van der Waals surface area contributed by atoms with Crippen LogP contribution in [0.5, 0.6) is 0 Å². The Morgan fingerprint density at radius 3 is 3.29 bits per heavy atom. The molecule has 1 N–H and O–H groups in total. The largest absolute Gasteiger partial charge is 0.313 e. The number of thiophene rings is 1. The highest BCUT2D eigenvalue weighted by Crippen LogP contribution is 2.47. The first-order valence-electron chi connectivity index (χ1n) is 5.52. The van der Waals surface area contributed by atoms with E-state index < -0.39 is 0 Å². The molecule has 1 nitrogen and oxygen atoms in total. The lowest BCUT2D eigenvalue weighted by molar-refractivity contribution is 0.162. The predicted octanol–water partition coefficient (Wildman–Crippen LogP) is 2.56. The van der Waals surface area contributed by atoms with E-state index in [4.69, 9.17) is 0 Å². The van der Waals surface area contributed by atoms with Gasteiger partial charge in [-0.2, -0.15) is 0 Å². The molecule has 1 aromatic heterocycles. The first-order valence-corrected chi connectivity index (χ1v) is 6.40. The van der Waals surface area contributed by atoms with Crippen LogP contribution in [0.25, 0.3) is 0 Å². The number of fused-ring (bicyclic) bond motifs is 4. The van der Waals surface area contributed by atoms with Crippen molar-refractivity contribution in [2.75, 3.05) is 6.54 Å². The van der Waals surface area contributed by atoms with Crippen LogP contribution in [-0.2, 0) is 11.8 Å². The van der Waals surface area contributed by atoms with Gasteiger partial charge in [0.05, 0.1) is 0 Å². The minimum absolute atomic E-state index is 0.456. The lowest BCUT2D eigenvalue weighted by Gasteiger charge is -2.49. The summed E-state index contributed by atoms with van der Waals surface area (Å²) in [6.45, 7) is 6.07. The molecule has 0 spiro atoms. The van der Waals surface area contributed by atoms with Crippen molar-refractivity contribution in [3.05, 3.63) is 21.9 Å². The van der Waals surface area contributed by atoms with Crippen LogP contribution in [0.2, 0.25) is 0 Å². The fourth-order valence-corrected chi connectivity index (χ4v) is 4.40. The van der Waals surface area contributed by atoms with Crippen LogP contribution in [0.4, 0.5) is 0 Å². The molecule has 0 amide bonds. The van der Waals surface area contributed by atoms with E-state index >= 15 is 0 Å². The van der Waals surface area contributed by atoms with Crippen molar-refractivity contribution < 1.29 is 0 Å². The molecule has 1 unspecified atom stereocenters. The Balaban J connectivity index is 2.15. The summed E-state index contributed by atoms with van der Waals surface area (Å²) in [6, 6.07) is 3.04. The Hall–Kier alpha value is -0.340. The first-order chi connectivity index (χ1) is 6.72. The molecular weight excluding hydrogens is 190 g/mol. The van der Waals surface area contributed by atoms with Crippen LogP contribution in [0.3, 0.4) is 0 Å². The first kappa shape index (κ1) is 8.93. The van der Waals surface area contributed by atoms with Crippen molar-refractivity contribution in [2.24, 2.45) is 5.92 Å². The summed E-state index contributed by atoms with van der Waals surface area (Å²) in [5, 5.41) is 5.93. The maximum atomic E-state index is 3.66. The van der Waals surface area contributed by atoms with E-state index in [0.29, 0.717) is 5.41 Å². The molecule has 0 aromatic carbocycles.